The van der Waals surface area contributed by atoms with Gasteiger partial charge >= 0.3 is 0 Å². The topological polar surface area (TPSA) is 105 Å². The first-order valence-electron chi connectivity index (χ1n) is 10.1. The minimum atomic E-state index is -3.48. The van der Waals surface area contributed by atoms with E-state index in [2.05, 4.69) is 15.5 Å². The number of sulfonamides is 1. The first-order valence-corrected chi connectivity index (χ1v) is 11.6. The van der Waals surface area contributed by atoms with Crippen molar-refractivity contribution in [3.8, 4) is 11.4 Å². The lowest BCUT2D eigenvalue weighted by molar-refractivity contribution is -0.116. The standard InChI is InChI=1S/C22H26N4O4S/c1-4-26(5-2)31(28,29)18-13-10-17(11-14-18)12-15-21(27)24-20-9-7-6-8-19(20)22-23-16(3)30-25-22/h6-11,13-14H,4-5,12,15H2,1-3H3,(H,24,27). The minimum absolute atomic E-state index is 0.160. The quantitative estimate of drug-likeness (QED) is 0.542. The maximum atomic E-state index is 12.6. The van der Waals surface area contributed by atoms with Crippen LogP contribution >= 0.6 is 0 Å². The summed E-state index contributed by atoms with van der Waals surface area (Å²) in [6.45, 7) is 6.17. The summed E-state index contributed by atoms with van der Waals surface area (Å²) in [5.74, 6) is 0.702. The number of hydrogen-bond acceptors (Lipinski definition) is 6. The summed E-state index contributed by atoms with van der Waals surface area (Å²) in [6.07, 6.45) is 0.739. The van der Waals surface area contributed by atoms with Gasteiger partial charge in [0.1, 0.15) is 0 Å². The van der Waals surface area contributed by atoms with Gasteiger partial charge in [0.25, 0.3) is 0 Å². The van der Waals surface area contributed by atoms with Crippen LogP contribution in [0.5, 0.6) is 0 Å². The van der Waals surface area contributed by atoms with Gasteiger partial charge in [0.15, 0.2) is 0 Å². The van der Waals surface area contributed by atoms with Crippen molar-refractivity contribution in [1.82, 2.24) is 14.4 Å². The second kappa shape index (κ2) is 9.84. The van der Waals surface area contributed by atoms with Crippen molar-refractivity contribution < 1.29 is 17.7 Å². The van der Waals surface area contributed by atoms with Gasteiger partial charge in [0.05, 0.1) is 10.6 Å². The van der Waals surface area contributed by atoms with Gasteiger partial charge < -0.3 is 9.84 Å². The number of amides is 1. The van der Waals surface area contributed by atoms with Crippen molar-refractivity contribution in [2.24, 2.45) is 0 Å². The molecule has 0 saturated carbocycles. The van der Waals surface area contributed by atoms with Crippen LogP contribution in [-0.4, -0.2) is 41.9 Å². The number of rotatable bonds is 9. The molecule has 1 heterocycles. The van der Waals surface area contributed by atoms with Crippen LogP contribution in [-0.2, 0) is 21.2 Å². The van der Waals surface area contributed by atoms with E-state index in [1.54, 1.807) is 37.3 Å². The first kappa shape index (κ1) is 22.6. The minimum Gasteiger partial charge on any atom is -0.339 e. The molecule has 0 bridgehead atoms. The van der Waals surface area contributed by atoms with E-state index in [0.29, 0.717) is 42.5 Å². The highest BCUT2D eigenvalue weighted by molar-refractivity contribution is 7.89. The highest BCUT2D eigenvalue weighted by atomic mass is 32.2. The van der Waals surface area contributed by atoms with Crippen molar-refractivity contribution in [3.63, 3.8) is 0 Å². The monoisotopic (exact) mass is 442 g/mol. The number of carbonyl (C=O) groups excluding carboxylic acids is 1. The molecule has 0 radical (unpaired) electrons. The molecule has 8 nitrogen and oxygen atoms in total. The zero-order chi connectivity index (χ0) is 22.4. The fourth-order valence-corrected chi connectivity index (χ4v) is 4.67. The molecule has 1 N–H and O–H groups in total. The van der Waals surface area contributed by atoms with Gasteiger partial charge in [-0.25, -0.2) is 8.42 Å². The predicted octanol–water partition coefficient (Wildman–Crippen LogP) is 3.65. The molecule has 0 aliphatic carbocycles. The van der Waals surface area contributed by atoms with E-state index in [0.717, 1.165) is 5.56 Å². The molecular weight excluding hydrogens is 416 g/mol. The van der Waals surface area contributed by atoms with E-state index in [9.17, 15) is 13.2 Å². The van der Waals surface area contributed by atoms with Crippen LogP contribution in [0.25, 0.3) is 11.4 Å². The number of aryl methyl sites for hydroxylation is 2. The number of para-hydroxylation sites is 1. The molecule has 0 fully saturated rings. The zero-order valence-corrected chi connectivity index (χ0v) is 18.6. The molecule has 0 aliphatic rings. The maximum absolute atomic E-state index is 12.6. The number of nitrogens with one attached hydrogen (secondary N) is 1. The first-order chi connectivity index (χ1) is 14.8. The molecule has 0 aliphatic heterocycles. The number of hydrogen-bond donors (Lipinski definition) is 1. The van der Waals surface area contributed by atoms with Gasteiger partial charge in [-0.2, -0.15) is 9.29 Å². The highest BCUT2D eigenvalue weighted by Gasteiger charge is 2.21. The Balaban J connectivity index is 1.63. The fourth-order valence-electron chi connectivity index (χ4n) is 3.21. The van der Waals surface area contributed by atoms with E-state index < -0.39 is 10.0 Å². The van der Waals surface area contributed by atoms with Gasteiger partial charge in [0, 0.05) is 32.0 Å². The van der Waals surface area contributed by atoms with Crippen LogP contribution in [0, 0.1) is 6.92 Å². The Labute approximate surface area is 182 Å². The Morgan fingerprint density at radius 2 is 1.74 bits per heavy atom. The Morgan fingerprint density at radius 3 is 2.35 bits per heavy atom. The summed E-state index contributed by atoms with van der Waals surface area (Å²) in [6, 6.07) is 13.9. The summed E-state index contributed by atoms with van der Waals surface area (Å²) >= 11 is 0. The van der Waals surface area contributed by atoms with Crippen molar-refractivity contribution in [2.45, 2.75) is 38.5 Å². The Morgan fingerprint density at radius 1 is 1.06 bits per heavy atom. The molecule has 0 saturated heterocycles. The summed E-state index contributed by atoms with van der Waals surface area (Å²) in [5.41, 5.74) is 2.17. The molecule has 1 aromatic heterocycles. The van der Waals surface area contributed by atoms with Gasteiger partial charge in [-0.3, -0.25) is 4.79 Å². The lowest BCUT2D eigenvalue weighted by Gasteiger charge is -2.18. The lowest BCUT2D eigenvalue weighted by atomic mass is 10.1. The van der Waals surface area contributed by atoms with Crippen molar-refractivity contribution >= 4 is 21.6 Å². The van der Waals surface area contributed by atoms with Crippen LogP contribution in [0.2, 0.25) is 0 Å². The van der Waals surface area contributed by atoms with Crippen LogP contribution in [0.3, 0.4) is 0 Å². The number of aromatic nitrogens is 2. The molecule has 2 aromatic carbocycles. The molecular formula is C22H26N4O4S. The third kappa shape index (κ3) is 5.36. The van der Waals surface area contributed by atoms with Crippen LogP contribution in [0.1, 0.15) is 31.7 Å². The molecule has 31 heavy (non-hydrogen) atoms. The molecule has 0 atom stereocenters. The Bertz CT molecular complexity index is 1140. The summed E-state index contributed by atoms with van der Waals surface area (Å²) in [4.78, 5) is 17.0. The van der Waals surface area contributed by atoms with E-state index >= 15 is 0 Å². The van der Waals surface area contributed by atoms with Gasteiger partial charge in [-0.15, -0.1) is 0 Å². The number of benzene rings is 2. The second-order valence-electron chi connectivity index (χ2n) is 6.96. The molecule has 0 unspecified atom stereocenters. The fraction of sp³-hybridized carbons (Fsp3) is 0.318. The third-order valence-electron chi connectivity index (χ3n) is 4.88. The van der Waals surface area contributed by atoms with Gasteiger partial charge in [0.2, 0.25) is 27.6 Å². The summed E-state index contributed by atoms with van der Waals surface area (Å²) < 4.78 is 31.6. The van der Waals surface area contributed by atoms with E-state index in [1.165, 1.54) is 4.31 Å². The average molecular weight is 443 g/mol. The van der Waals surface area contributed by atoms with E-state index in [4.69, 9.17) is 4.52 Å². The smallest absolute Gasteiger partial charge is 0.243 e. The largest absolute Gasteiger partial charge is 0.339 e. The Hall–Kier alpha value is -3.04. The van der Waals surface area contributed by atoms with Gasteiger partial charge in [-0.05, 0) is 36.2 Å². The highest BCUT2D eigenvalue weighted by Crippen LogP contribution is 2.25. The van der Waals surface area contributed by atoms with Crippen molar-refractivity contribution in [3.05, 3.63) is 60.0 Å². The SMILES string of the molecule is CCN(CC)S(=O)(=O)c1ccc(CCC(=O)Nc2ccccc2-c2noc(C)n2)cc1. The zero-order valence-electron chi connectivity index (χ0n) is 17.8. The van der Waals surface area contributed by atoms with Crippen LogP contribution in [0.15, 0.2) is 57.9 Å². The van der Waals surface area contributed by atoms with Crippen molar-refractivity contribution in [1.29, 1.82) is 0 Å². The molecule has 3 rings (SSSR count). The normalized spacial score (nSPS) is 11.6. The average Bonchev–Trinajstić information content (AvgIpc) is 3.20. The molecule has 1 amide bonds. The predicted molar refractivity (Wildman–Crippen MR) is 118 cm³/mol. The van der Waals surface area contributed by atoms with Gasteiger partial charge in [-0.1, -0.05) is 43.3 Å². The van der Waals surface area contributed by atoms with E-state index in [-0.39, 0.29) is 17.2 Å². The maximum Gasteiger partial charge on any atom is 0.243 e. The van der Waals surface area contributed by atoms with Crippen LogP contribution in [0.4, 0.5) is 5.69 Å². The summed E-state index contributed by atoms with van der Waals surface area (Å²) in [7, 11) is -3.48. The molecule has 0 spiro atoms. The molecule has 164 valence electrons. The number of carbonyl (C=O) groups is 1. The lowest BCUT2D eigenvalue weighted by Crippen LogP contribution is -2.30. The second-order valence-corrected chi connectivity index (χ2v) is 8.90. The Kier molecular flexibility index (Phi) is 7.19. The van der Waals surface area contributed by atoms with E-state index in [1.807, 2.05) is 32.0 Å². The number of nitrogens with zero attached hydrogens (tertiary/aromatic N) is 3. The molecule has 3 aromatic rings. The number of anilines is 1. The van der Waals surface area contributed by atoms with Crippen molar-refractivity contribution in [2.75, 3.05) is 18.4 Å². The summed E-state index contributed by atoms with van der Waals surface area (Å²) in [5, 5.41) is 6.80. The molecule has 9 heteroatoms. The third-order valence-corrected chi connectivity index (χ3v) is 6.94. The van der Waals surface area contributed by atoms with Crippen LogP contribution < -0.4 is 5.32 Å².